The summed E-state index contributed by atoms with van der Waals surface area (Å²) < 4.78 is 87.4. The molecule has 0 fully saturated rings. The molecule has 2 N–H and O–H groups in total. The fraction of sp³-hybridized carbons (Fsp3) is 0.222. The zero-order valence-corrected chi connectivity index (χ0v) is 19.4. The van der Waals surface area contributed by atoms with Crippen molar-refractivity contribution < 1.29 is 44.9 Å². The molecule has 184 valence electrons. The van der Waals surface area contributed by atoms with Crippen LogP contribution in [-0.4, -0.2) is 53.4 Å². The van der Waals surface area contributed by atoms with E-state index in [1.54, 1.807) is 24.3 Å². The first kappa shape index (κ1) is 26.7. The van der Waals surface area contributed by atoms with Crippen LogP contribution in [-0.2, 0) is 20.6 Å². The Hall–Kier alpha value is -3.60. The summed E-state index contributed by atoms with van der Waals surface area (Å²) in [5.74, 6) is 1.06. The Morgan fingerprint density at radius 3 is 1.44 bits per heavy atom. The number of ether oxygens (including phenoxy) is 4. The summed E-state index contributed by atoms with van der Waals surface area (Å²) in [6.45, 7) is 0.0596. The molecule has 2 aromatic carbocycles. The van der Waals surface area contributed by atoms with Crippen molar-refractivity contribution >= 4 is 32.0 Å². The number of hydrogen-bond donors (Lipinski definition) is 2. The zero-order valence-electron chi connectivity index (χ0n) is 17.8. The van der Waals surface area contributed by atoms with E-state index in [0.717, 1.165) is 0 Å². The van der Waals surface area contributed by atoms with E-state index in [2.05, 4.69) is 19.3 Å². The van der Waals surface area contributed by atoms with Crippen LogP contribution < -0.4 is 18.9 Å². The van der Waals surface area contributed by atoms with Gasteiger partial charge in [-0.25, -0.2) is 0 Å². The molecule has 16 heteroatoms. The molecule has 0 aliphatic carbocycles. The van der Waals surface area contributed by atoms with Crippen LogP contribution >= 0.6 is 0 Å². The molecule has 0 aliphatic heterocycles. The fourth-order valence-electron chi connectivity index (χ4n) is 2.25. The lowest BCUT2D eigenvalue weighted by atomic mass is 10.3. The molecule has 0 unspecified atom stereocenters. The van der Waals surface area contributed by atoms with Crippen LogP contribution in [0.25, 0.3) is 0 Å². The minimum atomic E-state index is -4.68. The van der Waals surface area contributed by atoms with Crippen LogP contribution in [0.1, 0.15) is 0 Å². The third-order valence-corrected chi connectivity index (χ3v) is 4.25. The molecule has 34 heavy (non-hydrogen) atoms. The van der Waals surface area contributed by atoms with Gasteiger partial charge in [0.15, 0.2) is 0 Å². The average molecular weight is 517 g/mol. The van der Waals surface area contributed by atoms with Gasteiger partial charge >= 0.3 is 20.6 Å². The maximum Gasteiger partial charge on any atom is 0.396 e. The molecule has 0 radical (unpaired) electrons. The first-order valence-electron chi connectivity index (χ1n) is 9.08. The predicted molar refractivity (Wildman–Crippen MR) is 118 cm³/mol. The zero-order chi connectivity index (χ0) is 25.2. The third-order valence-electron chi connectivity index (χ3n) is 3.67. The molecule has 0 aromatic heterocycles. The number of methoxy groups -OCH3 is 2. The van der Waals surface area contributed by atoms with E-state index in [-0.39, 0.29) is 36.1 Å². The van der Waals surface area contributed by atoms with Crippen LogP contribution in [0.3, 0.4) is 0 Å². The average Bonchev–Trinajstić information content (AvgIpc) is 2.78. The summed E-state index contributed by atoms with van der Waals surface area (Å²) in [7, 11) is -6.55. The van der Waals surface area contributed by atoms with Crippen molar-refractivity contribution in [1.82, 2.24) is 0 Å². The third kappa shape index (κ3) is 9.49. The second-order valence-electron chi connectivity index (χ2n) is 6.02. The highest BCUT2D eigenvalue weighted by molar-refractivity contribution is 7.84. The summed E-state index contributed by atoms with van der Waals surface area (Å²) in [5, 5.41) is 6.88. The fourth-order valence-corrected chi connectivity index (χ4v) is 2.63. The molecule has 0 heterocycles. The first-order chi connectivity index (χ1) is 16.0. The molecule has 0 atom stereocenters. The number of benzene rings is 2. The maximum absolute atomic E-state index is 10.8. The monoisotopic (exact) mass is 516 g/mol. The lowest BCUT2D eigenvalue weighted by Crippen LogP contribution is -1.98. The van der Waals surface area contributed by atoms with Crippen LogP contribution in [0.15, 0.2) is 67.8 Å². The lowest BCUT2D eigenvalue weighted by molar-refractivity contribution is 0.350. The molecule has 2 rings (SSSR count). The highest BCUT2D eigenvalue weighted by atomic mass is 32.2. The summed E-state index contributed by atoms with van der Waals surface area (Å²) >= 11 is 0. The summed E-state index contributed by atoms with van der Waals surface area (Å²) in [6.07, 6.45) is 3.16. The molecule has 0 aliphatic rings. The van der Waals surface area contributed by atoms with Gasteiger partial charge in [-0.2, -0.15) is 16.8 Å². The van der Waals surface area contributed by atoms with E-state index in [9.17, 15) is 16.8 Å². The van der Waals surface area contributed by atoms with E-state index in [0.29, 0.717) is 11.5 Å². The molecule has 14 nitrogen and oxygen atoms in total. The Bertz CT molecular complexity index is 1190. The molecular formula is C18H20N4O10S2. The molecule has 0 amide bonds. The Labute approximate surface area is 195 Å². The molecule has 0 saturated carbocycles. The molecule has 0 bridgehead atoms. The number of rotatable bonds is 12. The Morgan fingerprint density at radius 2 is 1.12 bits per heavy atom. The van der Waals surface area contributed by atoms with Gasteiger partial charge < -0.3 is 18.9 Å². The van der Waals surface area contributed by atoms with Gasteiger partial charge in [0.1, 0.15) is 47.6 Å². The van der Waals surface area contributed by atoms with E-state index in [1.807, 2.05) is 0 Å². The number of hydrogen-bond acceptors (Lipinski definition) is 10. The standard InChI is InChI=1S/C18H20N4O10S2/c1-29-13-5-7-17(15(11-13)19-21-33(23,24)25)31-9-3-4-10-32-18-8-6-14(30-2)12-16(18)20-22-34(26,27)28/h3-8,11-12H,9-10H2,1-2H3,(H,23,24,25)(H,26,27,28). The van der Waals surface area contributed by atoms with Crippen molar-refractivity contribution in [3.8, 4) is 23.0 Å². The van der Waals surface area contributed by atoms with Gasteiger partial charge in [0.2, 0.25) is 0 Å². The smallest absolute Gasteiger partial charge is 0.396 e. The van der Waals surface area contributed by atoms with Crippen molar-refractivity contribution in [3.05, 3.63) is 48.6 Å². The van der Waals surface area contributed by atoms with E-state index in [1.165, 1.54) is 38.5 Å². The number of nitrogens with zero attached hydrogens (tertiary/aromatic N) is 4. The van der Waals surface area contributed by atoms with E-state index >= 15 is 0 Å². The highest BCUT2D eigenvalue weighted by Crippen LogP contribution is 2.33. The van der Waals surface area contributed by atoms with Gasteiger partial charge in [0, 0.05) is 12.1 Å². The van der Waals surface area contributed by atoms with Crippen molar-refractivity contribution in [3.63, 3.8) is 0 Å². The predicted octanol–water partition coefficient (Wildman–Crippen LogP) is 3.49. The van der Waals surface area contributed by atoms with Crippen LogP contribution in [0, 0.1) is 0 Å². The van der Waals surface area contributed by atoms with E-state index in [4.69, 9.17) is 28.1 Å². The Balaban J connectivity index is 2.03. The normalized spacial score (nSPS) is 12.5. The second-order valence-corrected chi connectivity index (χ2v) is 8.14. The molecule has 0 spiro atoms. The topological polar surface area (TPSA) is 195 Å². The van der Waals surface area contributed by atoms with Crippen molar-refractivity contribution in [1.29, 1.82) is 0 Å². The Kier molecular flexibility index (Phi) is 9.43. The quantitative estimate of drug-likeness (QED) is 0.239. The van der Waals surface area contributed by atoms with Gasteiger partial charge in [0.25, 0.3) is 0 Å². The maximum atomic E-state index is 10.8. The van der Waals surface area contributed by atoms with Crippen molar-refractivity contribution in [2.75, 3.05) is 27.4 Å². The SMILES string of the molecule is COc1ccc(OCC=CCOc2ccc(OC)cc2N=NS(=O)(=O)O)c(N=NS(=O)(=O)O)c1. The van der Waals surface area contributed by atoms with Gasteiger partial charge in [-0.05, 0) is 45.5 Å². The van der Waals surface area contributed by atoms with Crippen LogP contribution in [0.5, 0.6) is 23.0 Å². The van der Waals surface area contributed by atoms with E-state index < -0.39 is 20.6 Å². The highest BCUT2D eigenvalue weighted by Gasteiger charge is 2.09. The largest absolute Gasteiger partial charge is 0.497 e. The minimum absolute atomic E-state index is 0.00805. The summed E-state index contributed by atoms with van der Waals surface area (Å²) in [5.41, 5.74) is 0.0161. The van der Waals surface area contributed by atoms with Crippen molar-refractivity contribution in [2.45, 2.75) is 0 Å². The first-order valence-corrected chi connectivity index (χ1v) is 11.9. The minimum Gasteiger partial charge on any atom is -0.497 e. The Morgan fingerprint density at radius 1 is 0.735 bits per heavy atom. The second kappa shape index (κ2) is 12.0. The van der Waals surface area contributed by atoms with Gasteiger partial charge in [-0.1, -0.05) is 0 Å². The molecule has 2 aromatic rings. The summed E-state index contributed by atoms with van der Waals surface area (Å²) in [4.78, 5) is 0. The molecular weight excluding hydrogens is 496 g/mol. The van der Waals surface area contributed by atoms with Gasteiger partial charge in [-0.15, -0.1) is 10.2 Å². The lowest BCUT2D eigenvalue weighted by Gasteiger charge is -2.09. The van der Waals surface area contributed by atoms with Gasteiger partial charge in [0.05, 0.1) is 14.2 Å². The van der Waals surface area contributed by atoms with Crippen LogP contribution in [0.2, 0.25) is 0 Å². The van der Waals surface area contributed by atoms with Crippen molar-refractivity contribution in [2.24, 2.45) is 19.3 Å². The van der Waals surface area contributed by atoms with Gasteiger partial charge in [-0.3, -0.25) is 9.11 Å². The summed E-state index contributed by atoms with van der Waals surface area (Å²) in [6, 6.07) is 8.80. The molecule has 0 saturated heterocycles. The van der Waals surface area contributed by atoms with Crippen LogP contribution in [0.4, 0.5) is 11.4 Å².